The highest BCUT2D eigenvalue weighted by Crippen LogP contribution is 2.41. The molecule has 0 aliphatic carbocycles. The van der Waals surface area contributed by atoms with E-state index in [1.54, 1.807) is 0 Å². The average molecular weight is 653 g/mol. The molecular weight excluding hydrogens is 580 g/mol. The summed E-state index contributed by atoms with van der Waals surface area (Å²) in [5, 5.41) is 4.30. The van der Waals surface area contributed by atoms with E-state index in [1.807, 2.05) is 0 Å². The Morgan fingerprint density at radius 2 is 0.804 bits per heavy atom. The Labute approximate surface area is 282 Å². The van der Waals surface area contributed by atoms with Crippen molar-refractivity contribution in [1.29, 1.82) is 0 Å². The van der Waals surface area contributed by atoms with Crippen molar-refractivity contribution in [3.8, 4) is 0 Å². The van der Waals surface area contributed by atoms with Crippen molar-refractivity contribution >= 4 is 11.9 Å². The van der Waals surface area contributed by atoms with Gasteiger partial charge < -0.3 is 9.47 Å². The number of carbonyl (C=O) groups excluding carboxylic acids is 2. The van der Waals surface area contributed by atoms with Crippen molar-refractivity contribution in [2.24, 2.45) is 0 Å². The first-order chi connectivity index (χ1) is 21.5. The monoisotopic (exact) mass is 653 g/mol. The Morgan fingerprint density at radius 1 is 0.500 bits per heavy atom. The van der Waals surface area contributed by atoms with E-state index in [4.69, 9.17) is 19.1 Å². The lowest BCUT2D eigenvalue weighted by molar-refractivity contribution is -0.293. The number of ether oxygens (including phenoxy) is 2. The minimum atomic E-state index is -0.196. The van der Waals surface area contributed by atoms with Gasteiger partial charge in [0, 0.05) is 60.7 Å². The predicted octanol–water partition coefficient (Wildman–Crippen LogP) is 9.48. The maximum atomic E-state index is 12.7. The zero-order valence-corrected chi connectivity index (χ0v) is 31.6. The molecule has 0 saturated carbocycles. The van der Waals surface area contributed by atoms with Gasteiger partial charge in [0.15, 0.2) is 0 Å². The van der Waals surface area contributed by atoms with Crippen LogP contribution < -0.4 is 0 Å². The van der Waals surface area contributed by atoms with Crippen LogP contribution in [-0.4, -0.2) is 69.6 Å². The Kier molecular flexibility index (Phi) is 17.0. The van der Waals surface area contributed by atoms with Crippen LogP contribution >= 0.6 is 0 Å². The fourth-order valence-electron chi connectivity index (χ4n) is 7.96. The number of hydroxylamine groups is 4. The van der Waals surface area contributed by atoms with Crippen LogP contribution in [0.3, 0.4) is 0 Å². The van der Waals surface area contributed by atoms with Gasteiger partial charge in [-0.2, -0.15) is 10.1 Å². The maximum absolute atomic E-state index is 12.7. The van der Waals surface area contributed by atoms with Gasteiger partial charge in [0.25, 0.3) is 0 Å². The molecule has 0 atom stereocenters. The molecule has 270 valence electrons. The molecule has 0 aromatic carbocycles. The fourth-order valence-corrected chi connectivity index (χ4v) is 7.96. The van der Waals surface area contributed by atoms with Gasteiger partial charge in [-0.1, -0.05) is 65.2 Å². The molecule has 0 amide bonds. The molecule has 46 heavy (non-hydrogen) atoms. The van der Waals surface area contributed by atoms with E-state index in [0.29, 0.717) is 12.8 Å². The number of hydrogen-bond donors (Lipinski definition) is 0. The van der Waals surface area contributed by atoms with Gasteiger partial charge in [0.05, 0.1) is 13.2 Å². The van der Waals surface area contributed by atoms with Gasteiger partial charge in [0.2, 0.25) is 0 Å². The lowest BCUT2D eigenvalue weighted by Gasteiger charge is -2.53. The number of nitrogens with zero attached hydrogens (tertiary/aromatic N) is 2. The van der Waals surface area contributed by atoms with Gasteiger partial charge in [-0.25, -0.2) is 0 Å². The van der Waals surface area contributed by atoms with E-state index in [1.165, 1.54) is 25.7 Å². The van der Waals surface area contributed by atoms with E-state index in [-0.39, 0.29) is 46.3 Å². The minimum Gasteiger partial charge on any atom is -0.462 e. The molecule has 0 bridgehead atoms. The minimum absolute atomic E-state index is 0.0821. The van der Waals surface area contributed by atoms with Gasteiger partial charge in [-0.3, -0.25) is 19.3 Å². The van der Waals surface area contributed by atoms with E-state index in [2.05, 4.69) is 79.4 Å². The van der Waals surface area contributed by atoms with Crippen LogP contribution in [0.4, 0.5) is 0 Å². The summed E-state index contributed by atoms with van der Waals surface area (Å²) in [5.41, 5.74) is -0.783. The van der Waals surface area contributed by atoms with Crippen molar-refractivity contribution in [3.63, 3.8) is 0 Å². The Bertz CT molecular complexity index is 794. The van der Waals surface area contributed by atoms with Gasteiger partial charge in [-0.15, -0.1) is 0 Å². The van der Waals surface area contributed by atoms with Crippen LogP contribution in [0, 0.1) is 0 Å². The summed E-state index contributed by atoms with van der Waals surface area (Å²) in [4.78, 5) is 37.8. The summed E-state index contributed by atoms with van der Waals surface area (Å²) in [6, 6.07) is 0. The number of unbranched alkanes of at least 4 members (excludes halogenated alkanes) is 9. The first-order valence-corrected chi connectivity index (χ1v) is 18.8. The largest absolute Gasteiger partial charge is 0.462 e. The molecule has 8 heteroatoms. The molecule has 2 saturated heterocycles. The smallest absolute Gasteiger partial charge is 0.306 e. The molecule has 2 rings (SSSR count). The zero-order valence-electron chi connectivity index (χ0n) is 31.6. The third kappa shape index (κ3) is 13.7. The molecule has 0 N–H and O–H groups in total. The molecule has 2 aliphatic heterocycles. The third-order valence-electron chi connectivity index (χ3n) is 9.65. The van der Waals surface area contributed by atoms with Crippen LogP contribution in [0.25, 0.3) is 0 Å². The highest BCUT2D eigenvalue weighted by atomic mass is 16.7. The number of carbonyl (C=O) groups is 2. The summed E-state index contributed by atoms with van der Waals surface area (Å²) in [6.45, 7) is 23.4. The lowest BCUT2D eigenvalue weighted by atomic mass is 9.80. The molecule has 2 aliphatic rings. The molecule has 8 nitrogen and oxygen atoms in total. The molecule has 0 spiro atoms. The number of hydrogen-bond acceptors (Lipinski definition) is 8. The van der Waals surface area contributed by atoms with Crippen LogP contribution in [0.2, 0.25) is 0 Å². The third-order valence-corrected chi connectivity index (χ3v) is 9.65. The van der Waals surface area contributed by atoms with Gasteiger partial charge in [0.1, 0.15) is 12.2 Å². The van der Waals surface area contributed by atoms with E-state index in [9.17, 15) is 9.59 Å². The molecule has 0 aromatic heterocycles. The molecule has 0 unspecified atom stereocenters. The number of esters is 2. The molecule has 2 heterocycles. The van der Waals surface area contributed by atoms with Crippen molar-refractivity contribution in [2.45, 2.75) is 219 Å². The summed E-state index contributed by atoms with van der Waals surface area (Å²) in [5.74, 6) is -0.172. The average Bonchev–Trinajstić information content (AvgIpc) is 2.91. The standard InChI is InChI=1S/C38H72N2O6/c1-11-13-21-25-43-39-35(3,4)27-31(28-36(39,5)6)45-33(41)23-19-17-15-16-18-20-24-34(42)46-32-29-37(7,8)40(38(9,10)30-32)44-26-22-14-12-2/h31-32H,11-30H2,1-10H3. The Hall–Kier alpha value is -1.22. The Balaban J connectivity index is 1.59. The summed E-state index contributed by atoms with van der Waals surface area (Å²) < 4.78 is 11.9. The summed E-state index contributed by atoms with van der Waals surface area (Å²) in [6.07, 6.45) is 16.6. The maximum Gasteiger partial charge on any atom is 0.306 e. The van der Waals surface area contributed by atoms with E-state index >= 15 is 0 Å². The van der Waals surface area contributed by atoms with Crippen LogP contribution in [0.1, 0.15) is 185 Å². The first kappa shape index (κ1) is 41.0. The topological polar surface area (TPSA) is 77.5 Å². The number of piperidine rings is 2. The van der Waals surface area contributed by atoms with Crippen LogP contribution in [0.5, 0.6) is 0 Å². The van der Waals surface area contributed by atoms with Crippen LogP contribution in [0.15, 0.2) is 0 Å². The summed E-state index contributed by atoms with van der Waals surface area (Å²) in [7, 11) is 0. The van der Waals surface area contributed by atoms with Crippen molar-refractivity contribution in [3.05, 3.63) is 0 Å². The predicted molar refractivity (Wildman–Crippen MR) is 186 cm³/mol. The second kappa shape index (κ2) is 19.1. The molecule has 2 fully saturated rings. The van der Waals surface area contributed by atoms with Crippen molar-refractivity contribution in [2.75, 3.05) is 13.2 Å². The number of rotatable bonds is 21. The first-order valence-electron chi connectivity index (χ1n) is 18.8. The molecular formula is C38H72N2O6. The lowest BCUT2D eigenvalue weighted by Crippen LogP contribution is -2.62. The van der Waals surface area contributed by atoms with Crippen molar-refractivity contribution < 1.29 is 28.7 Å². The molecule has 0 radical (unpaired) electrons. The molecule has 0 aromatic rings. The highest BCUT2D eigenvalue weighted by Gasteiger charge is 2.49. The second-order valence-electron chi connectivity index (χ2n) is 16.6. The SMILES string of the molecule is CCCCCON1C(C)(C)CC(OC(=O)CCCCCCCCC(=O)OC2CC(C)(C)N(OCCCCC)C(C)(C)C2)CC1(C)C. The van der Waals surface area contributed by atoms with Crippen molar-refractivity contribution in [1.82, 2.24) is 10.1 Å². The second-order valence-corrected chi connectivity index (χ2v) is 16.6. The quantitative estimate of drug-likeness (QED) is 0.0896. The zero-order chi connectivity index (χ0) is 34.4. The van der Waals surface area contributed by atoms with Crippen LogP contribution in [-0.2, 0) is 28.7 Å². The fraction of sp³-hybridized carbons (Fsp3) is 0.947. The normalized spacial score (nSPS) is 21.7. The van der Waals surface area contributed by atoms with Gasteiger partial charge >= 0.3 is 11.9 Å². The highest BCUT2D eigenvalue weighted by molar-refractivity contribution is 5.69. The van der Waals surface area contributed by atoms with Gasteiger partial charge in [-0.05, 0) is 81.1 Å². The van der Waals surface area contributed by atoms with E-state index in [0.717, 1.165) is 90.3 Å². The Morgan fingerprint density at radius 3 is 1.11 bits per heavy atom. The summed E-state index contributed by atoms with van der Waals surface area (Å²) >= 11 is 0. The van der Waals surface area contributed by atoms with E-state index < -0.39 is 0 Å².